The Morgan fingerprint density at radius 1 is 1.56 bits per heavy atom. The Morgan fingerprint density at radius 3 is 3.06 bits per heavy atom. The first-order chi connectivity index (χ1) is 8.66. The van der Waals surface area contributed by atoms with Crippen molar-refractivity contribution in [3.63, 3.8) is 0 Å². The van der Waals surface area contributed by atoms with Gasteiger partial charge in [-0.05, 0) is 32.1 Å². The van der Waals surface area contributed by atoms with Crippen LogP contribution < -0.4 is 0 Å². The van der Waals surface area contributed by atoms with Gasteiger partial charge in [-0.15, -0.1) is 0 Å². The molecule has 18 heavy (non-hydrogen) atoms. The summed E-state index contributed by atoms with van der Waals surface area (Å²) in [6, 6.07) is 3.38. The van der Waals surface area contributed by atoms with Gasteiger partial charge >= 0.3 is 5.97 Å². The van der Waals surface area contributed by atoms with Crippen LogP contribution in [0.25, 0.3) is 5.52 Å². The van der Waals surface area contributed by atoms with Crippen LogP contribution >= 0.6 is 0 Å². The molecule has 1 N–H and O–H groups in total. The number of nitrogens with zero attached hydrogens (tertiary/aromatic N) is 3. The lowest BCUT2D eigenvalue weighted by molar-refractivity contribution is 0.0698. The van der Waals surface area contributed by atoms with Gasteiger partial charge in [0.15, 0.2) is 0 Å². The summed E-state index contributed by atoms with van der Waals surface area (Å²) in [6.45, 7) is 2.05. The molecule has 1 fully saturated rings. The third kappa shape index (κ3) is 1.67. The summed E-state index contributed by atoms with van der Waals surface area (Å²) in [7, 11) is 2.10. The molecule has 0 radical (unpaired) electrons. The van der Waals surface area contributed by atoms with Gasteiger partial charge in [0.05, 0.1) is 17.3 Å². The summed E-state index contributed by atoms with van der Waals surface area (Å²) in [5, 5.41) is 9.15. The highest BCUT2D eigenvalue weighted by atomic mass is 16.4. The van der Waals surface area contributed by atoms with Gasteiger partial charge in [0, 0.05) is 18.7 Å². The van der Waals surface area contributed by atoms with Crippen molar-refractivity contribution in [1.82, 2.24) is 14.3 Å². The number of pyridine rings is 1. The van der Waals surface area contributed by atoms with E-state index in [-0.39, 0.29) is 0 Å². The van der Waals surface area contributed by atoms with Crippen molar-refractivity contribution >= 4 is 11.5 Å². The lowest BCUT2D eigenvalue weighted by Crippen LogP contribution is -2.14. The second-order valence-corrected chi connectivity index (χ2v) is 4.85. The fourth-order valence-electron chi connectivity index (χ4n) is 2.67. The molecular formula is C13H15N3O2. The van der Waals surface area contributed by atoms with Gasteiger partial charge < -0.3 is 14.4 Å². The summed E-state index contributed by atoms with van der Waals surface area (Å²) < 4.78 is 1.91. The predicted molar refractivity (Wildman–Crippen MR) is 67.0 cm³/mol. The molecule has 0 amide bonds. The van der Waals surface area contributed by atoms with Crippen molar-refractivity contribution in [3.8, 4) is 0 Å². The number of carboxylic acid groups (broad SMARTS) is 1. The van der Waals surface area contributed by atoms with Crippen LogP contribution in [0, 0.1) is 0 Å². The van der Waals surface area contributed by atoms with Crippen molar-refractivity contribution in [2.75, 3.05) is 20.1 Å². The van der Waals surface area contributed by atoms with Crippen molar-refractivity contribution in [2.45, 2.75) is 12.3 Å². The summed E-state index contributed by atoms with van der Waals surface area (Å²) in [5.74, 6) is 0.453. The molecule has 0 bridgehead atoms. The minimum atomic E-state index is -0.907. The van der Waals surface area contributed by atoms with E-state index in [0.717, 1.165) is 25.3 Å². The molecule has 2 aromatic rings. The summed E-state index contributed by atoms with van der Waals surface area (Å²) in [4.78, 5) is 17.8. The summed E-state index contributed by atoms with van der Waals surface area (Å²) >= 11 is 0. The number of likely N-dealkylation sites (N-methyl/N-ethyl adjacent to an activating group) is 1. The number of hydrogen-bond acceptors (Lipinski definition) is 3. The Morgan fingerprint density at radius 2 is 2.39 bits per heavy atom. The zero-order chi connectivity index (χ0) is 12.7. The highest BCUT2D eigenvalue weighted by Gasteiger charge is 2.25. The Labute approximate surface area is 105 Å². The van der Waals surface area contributed by atoms with Crippen LogP contribution in [0.5, 0.6) is 0 Å². The third-order valence-corrected chi connectivity index (χ3v) is 3.59. The van der Waals surface area contributed by atoms with Gasteiger partial charge in [0.1, 0.15) is 5.82 Å². The SMILES string of the molecule is CN1CCC(c2ncc3c(C(=O)O)cccn23)C1. The van der Waals surface area contributed by atoms with Gasteiger partial charge in [-0.2, -0.15) is 0 Å². The Kier molecular flexibility index (Phi) is 2.56. The lowest BCUT2D eigenvalue weighted by atomic mass is 10.1. The molecule has 0 aliphatic carbocycles. The Balaban J connectivity index is 2.10. The second-order valence-electron chi connectivity index (χ2n) is 4.85. The van der Waals surface area contributed by atoms with Gasteiger partial charge in [-0.3, -0.25) is 0 Å². The number of fused-ring (bicyclic) bond motifs is 1. The maximum atomic E-state index is 11.1. The van der Waals surface area contributed by atoms with Gasteiger partial charge in [0.2, 0.25) is 0 Å². The van der Waals surface area contributed by atoms with Crippen molar-refractivity contribution in [3.05, 3.63) is 35.9 Å². The molecule has 1 unspecified atom stereocenters. The van der Waals surface area contributed by atoms with E-state index in [1.165, 1.54) is 0 Å². The van der Waals surface area contributed by atoms with E-state index in [0.29, 0.717) is 17.0 Å². The molecule has 1 atom stereocenters. The van der Waals surface area contributed by atoms with Crippen LogP contribution in [0.3, 0.4) is 0 Å². The van der Waals surface area contributed by atoms with E-state index < -0.39 is 5.97 Å². The number of hydrogen-bond donors (Lipinski definition) is 1. The van der Waals surface area contributed by atoms with E-state index in [1.807, 2.05) is 10.6 Å². The minimum Gasteiger partial charge on any atom is -0.478 e. The van der Waals surface area contributed by atoms with Crippen LogP contribution in [-0.4, -0.2) is 45.5 Å². The zero-order valence-electron chi connectivity index (χ0n) is 10.2. The number of aromatic carboxylic acids is 1. The maximum absolute atomic E-state index is 11.1. The first kappa shape index (κ1) is 11.2. The molecule has 2 aromatic heterocycles. The van der Waals surface area contributed by atoms with E-state index in [9.17, 15) is 4.79 Å². The Bertz CT molecular complexity index is 605. The molecule has 1 saturated heterocycles. The first-order valence-electron chi connectivity index (χ1n) is 6.04. The van der Waals surface area contributed by atoms with Gasteiger partial charge in [0.25, 0.3) is 0 Å². The molecule has 94 valence electrons. The normalized spacial score (nSPS) is 20.6. The van der Waals surface area contributed by atoms with Crippen LogP contribution in [-0.2, 0) is 0 Å². The largest absolute Gasteiger partial charge is 0.478 e. The van der Waals surface area contributed by atoms with E-state index in [4.69, 9.17) is 5.11 Å². The average Bonchev–Trinajstić information content (AvgIpc) is 2.93. The molecule has 0 spiro atoms. The monoisotopic (exact) mass is 245 g/mol. The maximum Gasteiger partial charge on any atom is 0.337 e. The molecular weight excluding hydrogens is 230 g/mol. The molecule has 5 heteroatoms. The van der Waals surface area contributed by atoms with Crippen LogP contribution in [0.2, 0.25) is 0 Å². The highest BCUT2D eigenvalue weighted by Crippen LogP contribution is 2.26. The number of rotatable bonds is 2. The fourth-order valence-corrected chi connectivity index (χ4v) is 2.67. The third-order valence-electron chi connectivity index (χ3n) is 3.59. The van der Waals surface area contributed by atoms with Gasteiger partial charge in [-0.25, -0.2) is 9.78 Å². The molecule has 3 heterocycles. The van der Waals surface area contributed by atoms with E-state index >= 15 is 0 Å². The zero-order valence-corrected chi connectivity index (χ0v) is 10.2. The molecule has 1 aliphatic heterocycles. The lowest BCUT2D eigenvalue weighted by Gasteiger charge is -2.10. The number of imidazole rings is 1. The predicted octanol–water partition coefficient (Wildman–Crippen LogP) is 1.45. The quantitative estimate of drug-likeness (QED) is 0.870. The van der Waals surface area contributed by atoms with Crippen molar-refractivity contribution < 1.29 is 9.90 Å². The first-order valence-corrected chi connectivity index (χ1v) is 6.04. The molecule has 0 saturated carbocycles. The van der Waals surface area contributed by atoms with Crippen LogP contribution in [0.1, 0.15) is 28.5 Å². The number of aromatic nitrogens is 2. The molecule has 0 aromatic carbocycles. The standard InChI is InChI=1S/C13H15N3O2/c1-15-6-4-9(8-15)12-14-7-11-10(13(17)18)3-2-5-16(11)12/h2-3,5,7,9H,4,6,8H2,1H3,(H,17,18). The van der Waals surface area contributed by atoms with Crippen LogP contribution in [0.15, 0.2) is 24.5 Å². The topological polar surface area (TPSA) is 57.8 Å². The van der Waals surface area contributed by atoms with E-state index in [2.05, 4.69) is 16.9 Å². The van der Waals surface area contributed by atoms with E-state index in [1.54, 1.807) is 18.3 Å². The van der Waals surface area contributed by atoms with Crippen LogP contribution in [0.4, 0.5) is 0 Å². The number of likely N-dealkylation sites (tertiary alicyclic amines) is 1. The Hall–Kier alpha value is -1.88. The summed E-state index contributed by atoms with van der Waals surface area (Å²) in [6.07, 6.45) is 4.63. The average molecular weight is 245 g/mol. The summed E-state index contributed by atoms with van der Waals surface area (Å²) in [5.41, 5.74) is 0.983. The highest BCUT2D eigenvalue weighted by molar-refractivity contribution is 5.95. The second kappa shape index (κ2) is 4.10. The van der Waals surface area contributed by atoms with Crippen molar-refractivity contribution in [1.29, 1.82) is 0 Å². The van der Waals surface area contributed by atoms with Crippen molar-refractivity contribution in [2.24, 2.45) is 0 Å². The number of carbonyl (C=O) groups is 1. The molecule has 3 rings (SSSR count). The smallest absolute Gasteiger partial charge is 0.337 e. The van der Waals surface area contributed by atoms with Gasteiger partial charge in [-0.1, -0.05) is 0 Å². The molecule has 1 aliphatic rings. The number of carboxylic acids is 1. The molecule has 5 nitrogen and oxygen atoms in total. The fraction of sp³-hybridized carbons (Fsp3) is 0.385. The minimum absolute atomic E-state index is 0.308.